The molecule has 0 aromatic carbocycles. The lowest BCUT2D eigenvalue weighted by Gasteiger charge is -2.33. The van der Waals surface area contributed by atoms with Gasteiger partial charge in [-0.05, 0) is 54.5 Å². The fourth-order valence-corrected chi connectivity index (χ4v) is 4.00. The summed E-state index contributed by atoms with van der Waals surface area (Å²) in [6.07, 6.45) is 7.72. The molecule has 1 aromatic rings. The molecule has 1 aromatic heterocycles. The van der Waals surface area contributed by atoms with E-state index in [9.17, 15) is 4.79 Å². The highest BCUT2D eigenvalue weighted by Gasteiger charge is 2.25. The Hall–Kier alpha value is -0.880. The van der Waals surface area contributed by atoms with Crippen molar-refractivity contribution in [2.75, 3.05) is 19.6 Å². The molecule has 2 heterocycles. The van der Waals surface area contributed by atoms with Crippen LogP contribution >= 0.6 is 15.9 Å². The number of hydrogen-bond acceptors (Lipinski definition) is 3. The van der Waals surface area contributed by atoms with Crippen LogP contribution in [-0.2, 0) is 0 Å². The van der Waals surface area contributed by atoms with Gasteiger partial charge in [0.1, 0.15) is 0 Å². The van der Waals surface area contributed by atoms with Crippen LogP contribution < -0.4 is 5.32 Å². The molecule has 0 spiro atoms. The van der Waals surface area contributed by atoms with E-state index in [-0.39, 0.29) is 11.9 Å². The Kier molecular flexibility index (Phi) is 5.18. The average Bonchev–Trinajstić information content (AvgIpc) is 3.12. The van der Waals surface area contributed by atoms with Crippen LogP contribution in [0.25, 0.3) is 0 Å². The zero-order chi connectivity index (χ0) is 15.5. The smallest absolute Gasteiger partial charge is 0.273 e. The molecule has 2 N–H and O–H groups in total. The molecule has 22 heavy (non-hydrogen) atoms. The van der Waals surface area contributed by atoms with Crippen LogP contribution in [0.15, 0.2) is 4.47 Å². The van der Waals surface area contributed by atoms with Crippen molar-refractivity contribution < 1.29 is 4.79 Å². The topological polar surface area (TPSA) is 61.0 Å². The van der Waals surface area contributed by atoms with Crippen molar-refractivity contribution in [1.82, 2.24) is 20.4 Å². The van der Waals surface area contributed by atoms with Gasteiger partial charge in [0, 0.05) is 31.4 Å². The Morgan fingerprint density at radius 1 is 1.32 bits per heavy atom. The van der Waals surface area contributed by atoms with Crippen molar-refractivity contribution in [3.05, 3.63) is 15.9 Å². The van der Waals surface area contributed by atoms with Crippen LogP contribution in [0.4, 0.5) is 0 Å². The minimum atomic E-state index is -0.0783. The second-order valence-corrected chi connectivity index (χ2v) is 7.50. The lowest BCUT2D eigenvalue weighted by Crippen LogP contribution is -2.45. The molecule has 1 amide bonds. The van der Waals surface area contributed by atoms with Gasteiger partial charge in [-0.2, -0.15) is 5.10 Å². The monoisotopic (exact) mass is 368 g/mol. The summed E-state index contributed by atoms with van der Waals surface area (Å²) in [5, 5.41) is 10.0. The molecular formula is C16H25BrN4O. The van der Waals surface area contributed by atoms with Crippen molar-refractivity contribution in [1.29, 1.82) is 0 Å². The van der Waals surface area contributed by atoms with Gasteiger partial charge in [-0.3, -0.25) is 9.89 Å². The van der Waals surface area contributed by atoms with Gasteiger partial charge in [-0.25, -0.2) is 0 Å². The molecular weight excluding hydrogens is 344 g/mol. The number of halogens is 1. The molecule has 1 saturated carbocycles. The number of hydrogen-bond donors (Lipinski definition) is 2. The van der Waals surface area contributed by atoms with E-state index >= 15 is 0 Å². The lowest BCUT2D eigenvalue weighted by atomic mass is 10.0. The summed E-state index contributed by atoms with van der Waals surface area (Å²) in [5.74, 6) is 0.833. The predicted octanol–water partition coefficient (Wildman–Crippen LogP) is 2.87. The summed E-state index contributed by atoms with van der Waals surface area (Å²) in [5.41, 5.74) is 1.35. The zero-order valence-electron chi connectivity index (χ0n) is 13.2. The normalized spacial score (nSPS) is 21.4. The number of rotatable bonds is 4. The van der Waals surface area contributed by atoms with E-state index in [4.69, 9.17) is 0 Å². The number of carbonyl (C=O) groups is 1. The van der Waals surface area contributed by atoms with Gasteiger partial charge < -0.3 is 10.2 Å². The van der Waals surface area contributed by atoms with Crippen molar-refractivity contribution in [3.8, 4) is 0 Å². The third-order valence-corrected chi connectivity index (χ3v) is 5.97. The van der Waals surface area contributed by atoms with E-state index in [1.165, 1.54) is 32.2 Å². The number of H-pyrrole nitrogens is 1. The summed E-state index contributed by atoms with van der Waals surface area (Å²) < 4.78 is 0.767. The number of piperidine rings is 1. The molecule has 1 aliphatic heterocycles. The summed E-state index contributed by atoms with van der Waals surface area (Å²) in [7, 11) is 0. The minimum Gasteiger partial charge on any atom is -0.348 e. The van der Waals surface area contributed by atoms with Gasteiger partial charge in [-0.1, -0.05) is 12.8 Å². The van der Waals surface area contributed by atoms with Gasteiger partial charge in [-0.15, -0.1) is 0 Å². The first-order valence-corrected chi connectivity index (χ1v) is 9.16. The number of amides is 1. The highest BCUT2D eigenvalue weighted by Crippen LogP contribution is 2.26. The van der Waals surface area contributed by atoms with Crippen molar-refractivity contribution >= 4 is 21.8 Å². The fourth-order valence-electron chi connectivity index (χ4n) is 3.64. The van der Waals surface area contributed by atoms with Crippen molar-refractivity contribution in [2.24, 2.45) is 5.92 Å². The second-order valence-electron chi connectivity index (χ2n) is 6.71. The zero-order valence-corrected chi connectivity index (χ0v) is 14.8. The molecule has 122 valence electrons. The standard InChI is InChI=1S/C16H25BrN4O/c1-11-14(17)15(20-19-11)16(22)18-13-6-8-21(9-7-13)10-12-4-2-3-5-12/h12-13H,2-10H2,1H3,(H,18,22)(H,19,20). The quantitative estimate of drug-likeness (QED) is 0.858. The highest BCUT2D eigenvalue weighted by molar-refractivity contribution is 9.10. The fraction of sp³-hybridized carbons (Fsp3) is 0.750. The minimum absolute atomic E-state index is 0.0783. The molecule has 1 saturated heterocycles. The summed E-state index contributed by atoms with van der Waals surface area (Å²) in [6, 6.07) is 0.274. The molecule has 0 unspecified atom stereocenters. The number of aromatic nitrogens is 2. The number of carbonyl (C=O) groups excluding carboxylic acids is 1. The Balaban J connectivity index is 1.45. The van der Waals surface area contributed by atoms with Gasteiger partial charge in [0.15, 0.2) is 5.69 Å². The maximum atomic E-state index is 12.3. The summed E-state index contributed by atoms with van der Waals surface area (Å²) >= 11 is 3.41. The SMILES string of the molecule is Cc1[nH]nc(C(=O)NC2CCN(CC3CCCC3)CC2)c1Br. The summed E-state index contributed by atoms with van der Waals surface area (Å²) in [4.78, 5) is 14.8. The number of likely N-dealkylation sites (tertiary alicyclic amines) is 1. The molecule has 3 rings (SSSR count). The van der Waals surface area contributed by atoms with Crippen molar-refractivity contribution in [2.45, 2.75) is 51.5 Å². The first-order valence-electron chi connectivity index (χ1n) is 8.37. The first-order chi connectivity index (χ1) is 10.6. The van der Waals surface area contributed by atoms with Crippen molar-refractivity contribution in [3.63, 3.8) is 0 Å². The predicted molar refractivity (Wildman–Crippen MR) is 89.9 cm³/mol. The van der Waals surface area contributed by atoms with Gasteiger partial charge >= 0.3 is 0 Å². The third kappa shape index (κ3) is 3.71. The number of aromatic amines is 1. The number of nitrogens with zero attached hydrogens (tertiary/aromatic N) is 2. The second kappa shape index (κ2) is 7.13. The van der Waals surface area contributed by atoms with E-state index in [0.717, 1.165) is 42.0 Å². The van der Waals surface area contributed by atoms with E-state index in [1.54, 1.807) is 0 Å². The highest BCUT2D eigenvalue weighted by atomic mass is 79.9. The Morgan fingerprint density at radius 3 is 2.59 bits per heavy atom. The van der Waals surface area contributed by atoms with Crippen LogP contribution in [0.3, 0.4) is 0 Å². The van der Waals surface area contributed by atoms with Gasteiger partial charge in [0.2, 0.25) is 0 Å². The molecule has 2 fully saturated rings. The van der Waals surface area contributed by atoms with E-state index < -0.39 is 0 Å². The van der Waals surface area contributed by atoms with E-state index in [1.807, 2.05) is 6.92 Å². The van der Waals surface area contributed by atoms with Crippen LogP contribution in [0, 0.1) is 12.8 Å². The molecule has 0 bridgehead atoms. The van der Waals surface area contributed by atoms with Crippen LogP contribution in [0.5, 0.6) is 0 Å². The van der Waals surface area contributed by atoms with Crippen LogP contribution in [0.1, 0.15) is 54.7 Å². The average molecular weight is 369 g/mol. The maximum absolute atomic E-state index is 12.3. The molecule has 1 aliphatic carbocycles. The lowest BCUT2D eigenvalue weighted by molar-refractivity contribution is 0.0900. The van der Waals surface area contributed by atoms with Gasteiger partial charge in [0.25, 0.3) is 5.91 Å². The third-order valence-electron chi connectivity index (χ3n) is 5.00. The molecule has 0 radical (unpaired) electrons. The maximum Gasteiger partial charge on any atom is 0.273 e. The first kappa shape index (κ1) is 16.0. The molecule has 6 heteroatoms. The Labute approximate surface area is 140 Å². The van der Waals surface area contributed by atoms with E-state index in [0.29, 0.717) is 5.69 Å². The Bertz CT molecular complexity index is 516. The van der Waals surface area contributed by atoms with Crippen LogP contribution in [-0.4, -0.2) is 46.7 Å². The Morgan fingerprint density at radius 2 is 2.00 bits per heavy atom. The number of nitrogens with one attached hydrogen (secondary N) is 2. The largest absolute Gasteiger partial charge is 0.348 e. The van der Waals surface area contributed by atoms with E-state index in [2.05, 4.69) is 36.3 Å². The molecule has 0 atom stereocenters. The number of aryl methyl sites for hydroxylation is 1. The van der Waals surface area contributed by atoms with Crippen LogP contribution in [0.2, 0.25) is 0 Å². The summed E-state index contributed by atoms with van der Waals surface area (Å²) in [6.45, 7) is 5.35. The molecule has 2 aliphatic rings. The van der Waals surface area contributed by atoms with Gasteiger partial charge in [0.05, 0.1) is 4.47 Å². The molecule has 5 nitrogen and oxygen atoms in total.